The van der Waals surface area contributed by atoms with E-state index in [1.807, 2.05) is 24.3 Å². The van der Waals surface area contributed by atoms with E-state index in [1.54, 1.807) is 11.8 Å². The number of halogens is 2. The molecule has 1 N–H and O–H groups in total. The third-order valence-corrected chi connectivity index (χ3v) is 4.49. The van der Waals surface area contributed by atoms with Crippen LogP contribution in [0.2, 0.25) is 10.2 Å². The number of H-pyrrole nitrogens is 1. The zero-order valence-corrected chi connectivity index (χ0v) is 13.6. The zero-order chi connectivity index (χ0) is 14.8. The molecule has 21 heavy (non-hydrogen) atoms. The van der Waals surface area contributed by atoms with Crippen molar-refractivity contribution in [1.29, 1.82) is 0 Å². The highest BCUT2D eigenvalue weighted by atomic mass is 35.5. The highest BCUT2D eigenvalue weighted by Gasteiger charge is 2.15. The number of benzene rings is 2. The normalized spacial score (nSPS) is 10.8. The zero-order valence-electron chi connectivity index (χ0n) is 11.2. The molecule has 0 aliphatic heterocycles. The summed E-state index contributed by atoms with van der Waals surface area (Å²) in [5.41, 5.74) is 3.75. The molecule has 0 radical (unpaired) electrons. The van der Waals surface area contributed by atoms with Gasteiger partial charge in [0.15, 0.2) is 0 Å². The van der Waals surface area contributed by atoms with Crippen LogP contribution in [0.5, 0.6) is 0 Å². The molecule has 0 bridgehead atoms. The molecule has 3 rings (SSSR count). The van der Waals surface area contributed by atoms with Crippen molar-refractivity contribution in [1.82, 2.24) is 10.2 Å². The van der Waals surface area contributed by atoms with Gasteiger partial charge in [-0.25, -0.2) is 0 Å². The molecule has 0 spiro atoms. The Morgan fingerprint density at radius 1 is 0.905 bits per heavy atom. The first-order valence-corrected chi connectivity index (χ1v) is 8.31. The lowest BCUT2D eigenvalue weighted by molar-refractivity contribution is 1.09. The predicted molar refractivity (Wildman–Crippen MR) is 91.3 cm³/mol. The van der Waals surface area contributed by atoms with Crippen molar-refractivity contribution in [2.45, 2.75) is 4.90 Å². The average molecular weight is 335 g/mol. The molecule has 0 aliphatic carbocycles. The van der Waals surface area contributed by atoms with Crippen LogP contribution in [-0.4, -0.2) is 16.5 Å². The van der Waals surface area contributed by atoms with E-state index in [0.717, 1.165) is 22.4 Å². The Morgan fingerprint density at radius 3 is 2.14 bits per heavy atom. The fraction of sp³-hybridized carbons (Fsp3) is 0.0625. The average Bonchev–Trinajstić information content (AvgIpc) is 2.90. The summed E-state index contributed by atoms with van der Waals surface area (Å²) in [7, 11) is 0. The molecule has 0 saturated carbocycles. The van der Waals surface area contributed by atoms with Crippen molar-refractivity contribution in [3.63, 3.8) is 0 Å². The van der Waals surface area contributed by atoms with Gasteiger partial charge < -0.3 is 0 Å². The summed E-state index contributed by atoms with van der Waals surface area (Å²) in [6.45, 7) is 0. The lowest BCUT2D eigenvalue weighted by Gasteiger charge is -2.05. The number of aromatic amines is 1. The van der Waals surface area contributed by atoms with E-state index in [-0.39, 0.29) is 0 Å². The predicted octanol–water partition coefficient (Wildman–Crippen LogP) is 5.77. The van der Waals surface area contributed by atoms with Crippen LogP contribution in [0.25, 0.3) is 22.4 Å². The molecule has 1 aromatic heterocycles. The smallest absolute Gasteiger partial charge is 0.132 e. The first-order valence-electron chi connectivity index (χ1n) is 6.33. The largest absolute Gasteiger partial charge is 0.266 e. The fourth-order valence-corrected chi connectivity index (χ4v) is 2.93. The Balaban J connectivity index is 2.09. The Kier molecular flexibility index (Phi) is 4.24. The minimum Gasteiger partial charge on any atom is -0.266 e. The molecule has 0 amide bonds. The van der Waals surface area contributed by atoms with Gasteiger partial charge in [-0.2, -0.15) is 5.10 Å². The van der Waals surface area contributed by atoms with Crippen LogP contribution >= 0.6 is 35.0 Å². The van der Waals surface area contributed by atoms with Crippen molar-refractivity contribution >= 4 is 35.0 Å². The standard InChI is InChI=1S/C16H12Cl2N2S/c1-21-13-8-4-11(5-9-13)15-14(16(18)20-19-15)10-2-6-12(17)7-3-10/h2-9H,1H3,(H,19,20). The SMILES string of the molecule is CSc1ccc(-c2n[nH]c(Cl)c2-c2ccc(Cl)cc2)cc1. The topological polar surface area (TPSA) is 28.7 Å². The Labute approximate surface area is 137 Å². The van der Waals surface area contributed by atoms with Gasteiger partial charge in [0.1, 0.15) is 10.8 Å². The van der Waals surface area contributed by atoms with Crippen molar-refractivity contribution in [2.24, 2.45) is 0 Å². The lowest BCUT2D eigenvalue weighted by atomic mass is 10.0. The summed E-state index contributed by atoms with van der Waals surface area (Å²) >= 11 is 13.9. The lowest BCUT2D eigenvalue weighted by Crippen LogP contribution is -1.83. The number of nitrogens with one attached hydrogen (secondary N) is 1. The van der Waals surface area contributed by atoms with E-state index in [9.17, 15) is 0 Å². The minimum atomic E-state index is 0.529. The third-order valence-electron chi connectivity index (χ3n) is 3.22. The molecule has 0 aliphatic rings. The summed E-state index contributed by atoms with van der Waals surface area (Å²) in [6, 6.07) is 15.8. The molecule has 2 nitrogen and oxygen atoms in total. The summed E-state index contributed by atoms with van der Waals surface area (Å²) in [5.74, 6) is 0. The number of nitrogens with zero attached hydrogens (tertiary/aromatic N) is 1. The maximum Gasteiger partial charge on any atom is 0.132 e. The van der Waals surface area contributed by atoms with Crippen molar-refractivity contribution in [2.75, 3.05) is 6.26 Å². The highest BCUT2D eigenvalue weighted by Crippen LogP contribution is 2.36. The molecule has 0 saturated heterocycles. The second-order valence-corrected chi connectivity index (χ2v) is 6.19. The Morgan fingerprint density at radius 2 is 1.52 bits per heavy atom. The minimum absolute atomic E-state index is 0.529. The van der Waals surface area contributed by atoms with Crippen LogP contribution in [0.1, 0.15) is 0 Å². The van der Waals surface area contributed by atoms with Crippen LogP contribution in [0.4, 0.5) is 0 Å². The third kappa shape index (κ3) is 2.95. The van der Waals surface area contributed by atoms with Crippen molar-refractivity contribution in [3.8, 4) is 22.4 Å². The van der Waals surface area contributed by atoms with Gasteiger partial charge in [-0.15, -0.1) is 11.8 Å². The summed E-state index contributed by atoms with van der Waals surface area (Å²) in [4.78, 5) is 1.22. The van der Waals surface area contributed by atoms with Gasteiger partial charge in [0.05, 0.1) is 0 Å². The van der Waals surface area contributed by atoms with Gasteiger partial charge in [0.2, 0.25) is 0 Å². The van der Waals surface area contributed by atoms with E-state index in [1.165, 1.54) is 4.90 Å². The van der Waals surface area contributed by atoms with Crippen LogP contribution in [0.15, 0.2) is 53.4 Å². The van der Waals surface area contributed by atoms with Crippen molar-refractivity contribution < 1.29 is 0 Å². The van der Waals surface area contributed by atoms with Crippen LogP contribution < -0.4 is 0 Å². The number of rotatable bonds is 3. The van der Waals surface area contributed by atoms with Crippen LogP contribution in [0, 0.1) is 0 Å². The van der Waals surface area contributed by atoms with Crippen LogP contribution in [0.3, 0.4) is 0 Å². The maximum absolute atomic E-state index is 6.27. The van der Waals surface area contributed by atoms with E-state index in [2.05, 4.69) is 40.7 Å². The molecule has 1 heterocycles. The van der Waals surface area contributed by atoms with E-state index in [4.69, 9.17) is 23.2 Å². The maximum atomic E-state index is 6.27. The number of hydrogen-bond acceptors (Lipinski definition) is 2. The Hall–Kier alpha value is -1.42. The second kappa shape index (κ2) is 6.14. The molecule has 106 valence electrons. The van der Waals surface area contributed by atoms with Gasteiger partial charge in [-0.1, -0.05) is 47.5 Å². The molecule has 0 unspecified atom stereocenters. The Bertz CT molecular complexity index is 749. The molecule has 5 heteroatoms. The number of aromatic nitrogens is 2. The molecule has 0 atom stereocenters. The summed E-state index contributed by atoms with van der Waals surface area (Å²) < 4.78 is 0. The van der Waals surface area contributed by atoms with E-state index < -0.39 is 0 Å². The first-order chi connectivity index (χ1) is 10.2. The summed E-state index contributed by atoms with van der Waals surface area (Å²) in [5, 5.41) is 8.43. The molecular weight excluding hydrogens is 323 g/mol. The van der Waals surface area contributed by atoms with Gasteiger partial charge in [0.25, 0.3) is 0 Å². The molecule has 2 aromatic carbocycles. The highest BCUT2D eigenvalue weighted by molar-refractivity contribution is 7.98. The van der Waals surface area contributed by atoms with Gasteiger partial charge in [-0.3, -0.25) is 5.10 Å². The van der Waals surface area contributed by atoms with Crippen molar-refractivity contribution in [3.05, 3.63) is 58.7 Å². The summed E-state index contributed by atoms with van der Waals surface area (Å²) in [6.07, 6.45) is 2.06. The fourth-order valence-electron chi connectivity index (χ4n) is 2.16. The monoisotopic (exact) mass is 334 g/mol. The molecule has 0 fully saturated rings. The molecular formula is C16H12Cl2N2S. The quantitative estimate of drug-likeness (QED) is 0.615. The number of thioether (sulfide) groups is 1. The first kappa shape index (κ1) is 14.5. The van der Waals surface area contributed by atoms with Gasteiger partial charge in [0, 0.05) is 21.0 Å². The van der Waals surface area contributed by atoms with Gasteiger partial charge >= 0.3 is 0 Å². The molecule has 3 aromatic rings. The van der Waals surface area contributed by atoms with E-state index in [0.29, 0.717) is 10.2 Å². The number of hydrogen-bond donors (Lipinski definition) is 1. The second-order valence-electron chi connectivity index (χ2n) is 4.50. The van der Waals surface area contributed by atoms with Gasteiger partial charge in [-0.05, 0) is 36.1 Å². The van der Waals surface area contributed by atoms with E-state index >= 15 is 0 Å². The van der Waals surface area contributed by atoms with Crippen LogP contribution in [-0.2, 0) is 0 Å².